The third-order valence-corrected chi connectivity index (χ3v) is 2.84. The predicted molar refractivity (Wildman–Crippen MR) is 52.9 cm³/mol. The third-order valence-electron chi connectivity index (χ3n) is 2.63. The smallest absolute Gasteiger partial charge is 0.133 e. The first-order chi connectivity index (χ1) is 6.58. The van der Waals surface area contributed by atoms with Gasteiger partial charge in [0.15, 0.2) is 0 Å². The summed E-state index contributed by atoms with van der Waals surface area (Å²) in [4.78, 5) is 11.0. The first-order valence-electron chi connectivity index (χ1n) is 4.54. The molecule has 2 rings (SSSR count). The Labute approximate surface area is 86.9 Å². The summed E-state index contributed by atoms with van der Waals surface area (Å²) in [5, 5.41) is 0.397. The van der Waals surface area contributed by atoms with E-state index in [0.29, 0.717) is 5.02 Å². The molecule has 1 aliphatic carbocycles. The molecular weight excluding hydrogens is 203 g/mol. The van der Waals surface area contributed by atoms with E-state index >= 15 is 0 Å². The second-order valence-electron chi connectivity index (χ2n) is 3.76. The van der Waals surface area contributed by atoms with Gasteiger partial charge < -0.3 is 0 Å². The number of Topliss-reactive ketones (excluding diaryl/α,β-unsaturated/α-hetero) is 1. The van der Waals surface area contributed by atoms with E-state index in [1.165, 1.54) is 12.1 Å². The molecule has 3 heteroatoms. The maximum atomic E-state index is 13.0. The topological polar surface area (TPSA) is 17.1 Å². The van der Waals surface area contributed by atoms with Crippen molar-refractivity contribution in [1.29, 1.82) is 0 Å². The van der Waals surface area contributed by atoms with Gasteiger partial charge >= 0.3 is 0 Å². The van der Waals surface area contributed by atoms with E-state index in [4.69, 9.17) is 11.6 Å². The van der Waals surface area contributed by atoms with Crippen LogP contribution in [0.3, 0.4) is 0 Å². The Balaban J connectivity index is 2.23. The molecule has 2 unspecified atom stereocenters. The van der Waals surface area contributed by atoms with Crippen LogP contribution in [0.25, 0.3) is 0 Å². The van der Waals surface area contributed by atoms with Crippen LogP contribution < -0.4 is 0 Å². The van der Waals surface area contributed by atoms with E-state index in [0.717, 1.165) is 12.0 Å². The second kappa shape index (κ2) is 3.35. The molecule has 0 aliphatic heterocycles. The van der Waals surface area contributed by atoms with Crippen LogP contribution >= 0.6 is 11.6 Å². The number of hydrogen-bond donors (Lipinski definition) is 0. The van der Waals surface area contributed by atoms with Gasteiger partial charge in [-0.1, -0.05) is 11.6 Å². The highest BCUT2D eigenvalue weighted by molar-refractivity contribution is 6.30. The zero-order valence-electron chi connectivity index (χ0n) is 7.76. The largest absolute Gasteiger partial charge is 0.300 e. The molecular formula is C11H10ClFO. The lowest BCUT2D eigenvalue weighted by Gasteiger charge is -2.00. The number of hydrogen-bond acceptors (Lipinski definition) is 1. The van der Waals surface area contributed by atoms with E-state index in [1.807, 2.05) is 0 Å². The predicted octanol–water partition coefficient (Wildman–Crippen LogP) is 3.17. The number of rotatable bonds is 2. The monoisotopic (exact) mass is 212 g/mol. The Morgan fingerprint density at radius 3 is 2.71 bits per heavy atom. The summed E-state index contributed by atoms with van der Waals surface area (Å²) >= 11 is 5.72. The lowest BCUT2D eigenvalue weighted by molar-refractivity contribution is -0.118. The van der Waals surface area contributed by atoms with Crippen molar-refractivity contribution in [3.63, 3.8) is 0 Å². The van der Waals surface area contributed by atoms with Crippen LogP contribution in [0.4, 0.5) is 4.39 Å². The van der Waals surface area contributed by atoms with Crippen LogP contribution in [-0.4, -0.2) is 5.78 Å². The Bertz CT molecular complexity index is 369. The minimum atomic E-state index is -0.332. The summed E-state index contributed by atoms with van der Waals surface area (Å²) in [5.74, 6) is 0.102. The highest BCUT2D eigenvalue weighted by atomic mass is 35.5. The molecule has 0 radical (unpaired) electrons. The van der Waals surface area contributed by atoms with Gasteiger partial charge in [-0.3, -0.25) is 4.79 Å². The zero-order chi connectivity index (χ0) is 10.3. The Morgan fingerprint density at radius 1 is 1.50 bits per heavy atom. The van der Waals surface area contributed by atoms with E-state index in [1.54, 1.807) is 13.0 Å². The van der Waals surface area contributed by atoms with Crippen LogP contribution in [0.2, 0.25) is 5.02 Å². The molecule has 0 heterocycles. The van der Waals surface area contributed by atoms with Gasteiger partial charge in [0.1, 0.15) is 11.6 Å². The lowest BCUT2D eigenvalue weighted by atomic mass is 10.1. The molecule has 0 amide bonds. The highest BCUT2D eigenvalue weighted by Gasteiger charge is 2.41. The van der Waals surface area contributed by atoms with Crippen molar-refractivity contribution in [1.82, 2.24) is 0 Å². The van der Waals surface area contributed by atoms with Gasteiger partial charge in [-0.05, 0) is 43.0 Å². The molecule has 0 saturated heterocycles. The van der Waals surface area contributed by atoms with Crippen molar-refractivity contribution in [2.75, 3.05) is 0 Å². The molecule has 2 atom stereocenters. The van der Waals surface area contributed by atoms with Crippen molar-refractivity contribution in [3.8, 4) is 0 Å². The van der Waals surface area contributed by atoms with Gasteiger partial charge in [0.2, 0.25) is 0 Å². The molecule has 0 spiro atoms. The number of ketones is 1. The Morgan fingerprint density at radius 2 is 2.21 bits per heavy atom. The van der Waals surface area contributed by atoms with Crippen LogP contribution in [0.15, 0.2) is 18.2 Å². The van der Waals surface area contributed by atoms with E-state index < -0.39 is 0 Å². The van der Waals surface area contributed by atoms with Gasteiger partial charge in [0.25, 0.3) is 0 Å². The number of carbonyl (C=O) groups is 1. The van der Waals surface area contributed by atoms with Crippen LogP contribution in [0.5, 0.6) is 0 Å². The normalized spacial score (nSPS) is 24.8. The van der Waals surface area contributed by atoms with Crippen molar-refractivity contribution in [2.45, 2.75) is 19.3 Å². The van der Waals surface area contributed by atoms with Crippen molar-refractivity contribution < 1.29 is 9.18 Å². The summed E-state index contributed by atoms with van der Waals surface area (Å²) in [6.07, 6.45) is 0.828. The average molecular weight is 213 g/mol. The average Bonchev–Trinajstić information content (AvgIpc) is 2.79. The minimum absolute atomic E-state index is 0.0767. The summed E-state index contributed by atoms with van der Waals surface area (Å²) < 4.78 is 13.0. The highest BCUT2D eigenvalue weighted by Crippen LogP contribution is 2.48. The number of benzene rings is 1. The Kier molecular flexibility index (Phi) is 2.31. The molecule has 1 nitrogen and oxygen atoms in total. The van der Waals surface area contributed by atoms with Gasteiger partial charge in [-0.2, -0.15) is 0 Å². The molecule has 0 aromatic heterocycles. The summed E-state index contributed by atoms with van der Waals surface area (Å²) in [6.45, 7) is 1.57. The quantitative estimate of drug-likeness (QED) is 0.736. The summed E-state index contributed by atoms with van der Waals surface area (Å²) in [5.41, 5.74) is 0.843. The van der Waals surface area contributed by atoms with Crippen LogP contribution in [-0.2, 0) is 4.79 Å². The maximum Gasteiger partial charge on any atom is 0.133 e. The maximum absolute atomic E-state index is 13.0. The standard InChI is InChI=1S/C11H10ClFO/c1-6(14)10-5-11(10)7-2-8(12)4-9(13)3-7/h2-4,10-11H,5H2,1H3. The fraction of sp³-hybridized carbons (Fsp3) is 0.364. The van der Waals surface area contributed by atoms with Gasteiger partial charge in [-0.25, -0.2) is 4.39 Å². The van der Waals surface area contributed by atoms with Gasteiger partial charge in [0.05, 0.1) is 0 Å². The molecule has 0 bridgehead atoms. The van der Waals surface area contributed by atoms with E-state index in [-0.39, 0.29) is 23.4 Å². The molecule has 1 fully saturated rings. The van der Waals surface area contributed by atoms with Crippen molar-refractivity contribution >= 4 is 17.4 Å². The van der Waals surface area contributed by atoms with Crippen LogP contribution in [0, 0.1) is 11.7 Å². The molecule has 14 heavy (non-hydrogen) atoms. The van der Waals surface area contributed by atoms with Gasteiger partial charge in [0, 0.05) is 10.9 Å². The molecule has 1 saturated carbocycles. The van der Waals surface area contributed by atoms with Crippen molar-refractivity contribution in [2.24, 2.45) is 5.92 Å². The van der Waals surface area contributed by atoms with E-state index in [2.05, 4.69) is 0 Å². The first-order valence-corrected chi connectivity index (χ1v) is 4.92. The molecule has 0 N–H and O–H groups in total. The Hall–Kier alpha value is -0.890. The van der Waals surface area contributed by atoms with Gasteiger partial charge in [-0.15, -0.1) is 0 Å². The second-order valence-corrected chi connectivity index (χ2v) is 4.20. The SMILES string of the molecule is CC(=O)C1CC1c1cc(F)cc(Cl)c1. The summed E-state index contributed by atoms with van der Waals surface area (Å²) in [6, 6.07) is 4.47. The molecule has 1 aromatic carbocycles. The fourth-order valence-electron chi connectivity index (χ4n) is 1.80. The lowest BCUT2D eigenvalue weighted by Crippen LogP contribution is -1.95. The molecule has 74 valence electrons. The third kappa shape index (κ3) is 1.80. The number of carbonyl (C=O) groups excluding carboxylic acids is 1. The fourth-order valence-corrected chi connectivity index (χ4v) is 2.03. The number of halogens is 2. The van der Waals surface area contributed by atoms with Crippen molar-refractivity contribution in [3.05, 3.63) is 34.6 Å². The molecule has 1 aliphatic rings. The summed E-state index contributed by atoms with van der Waals surface area (Å²) in [7, 11) is 0. The van der Waals surface area contributed by atoms with E-state index in [9.17, 15) is 9.18 Å². The van der Waals surface area contributed by atoms with Crippen LogP contribution in [0.1, 0.15) is 24.8 Å². The molecule has 1 aromatic rings. The first kappa shape index (κ1) is 9.66. The zero-order valence-corrected chi connectivity index (χ0v) is 8.51. The minimum Gasteiger partial charge on any atom is -0.300 e.